The van der Waals surface area contributed by atoms with Gasteiger partial charge in [-0.2, -0.15) is 0 Å². The van der Waals surface area contributed by atoms with E-state index in [4.69, 9.17) is 9.47 Å². The number of methoxy groups -OCH3 is 2. The first kappa shape index (κ1) is 12.6. The Bertz CT molecular complexity index is 119. The molecule has 0 heterocycles. The number of ether oxygens (including phenoxy) is 2. The molecule has 78 valence electrons. The molecule has 0 rings (SSSR count). The van der Waals surface area contributed by atoms with E-state index in [-0.39, 0.29) is 0 Å². The standard InChI is InChI=1S/C9H19NO3/c1-12-8-3-4-10(5-7-11)6-9-13-2/h7H,3-6,8-9H2,1-2H3. The first-order valence-electron chi connectivity index (χ1n) is 4.49. The Morgan fingerprint density at radius 1 is 1.15 bits per heavy atom. The van der Waals surface area contributed by atoms with Gasteiger partial charge in [-0.1, -0.05) is 0 Å². The normalized spacial score (nSPS) is 10.7. The molecule has 0 aliphatic heterocycles. The van der Waals surface area contributed by atoms with Crippen molar-refractivity contribution in [2.24, 2.45) is 0 Å². The first-order chi connectivity index (χ1) is 6.35. The van der Waals surface area contributed by atoms with Gasteiger partial charge in [0.05, 0.1) is 13.2 Å². The molecule has 0 bridgehead atoms. The third-order valence-corrected chi connectivity index (χ3v) is 1.77. The van der Waals surface area contributed by atoms with Gasteiger partial charge in [-0.25, -0.2) is 0 Å². The van der Waals surface area contributed by atoms with E-state index in [1.54, 1.807) is 14.2 Å². The second-order valence-electron chi connectivity index (χ2n) is 2.81. The molecule has 0 radical (unpaired) electrons. The fourth-order valence-electron chi connectivity index (χ4n) is 1.05. The van der Waals surface area contributed by atoms with Gasteiger partial charge in [-0.15, -0.1) is 0 Å². The molecule has 0 atom stereocenters. The topological polar surface area (TPSA) is 38.8 Å². The number of carbonyl (C=O) groups excluding carboxylic acids is 1. The Kier molecular flexibility index (Phi) is 9.30. The number of aldehydes is 1. The summed E-state index contributed by atoms with van der Waals surface area (Å²) in [5, 5.41) is 0. The number of nitrogens with zero attached hydrogens (tertiary/aromatic N) is 1. The predicted octanol–water partition coefficient (Wildman–Crippen LogP) is 0.170. The maximum absolute atomic E-state index is 10.3. The molecule has 0 fully saturated rings. The van der Waals surface area contributed by atoms with Crippen LogP contribution >= 0.6 is 0 Å². The number of hydrogen-bond donors (Lipinski definition) is 0. The maximum Gasteiger partial charge on any atom is 0.133 e. The van der Waals surface area contributed by atoms with E-state index in [1.165, 1.54) is 0 Å². The highest BCUT2D eigenvalue weighted by molar-refractivity contribution is 5.51. The SMILES string of the molecule is COCCCN(CC=O)CCOC. The lowest BCUT2D eigenvalue weighted by Gasteiger charge is -2.18. The van der Waals surface area contributed by atoms with Crippen molar-refractivity contribution in [3.63, 3.8) is 0 Å². The minimum Gasteiger partial charge on any atom is -0.385 e. The van der Waals surface area contributed by atoms with Crippen molar-refractivity contribution >= 4 is 6.29 Å². The van der Waals surface area contributed by atoms with E-state index in [0.29, 0.717) is 13.2 Å². The molecule has 0 N–H and O–H groups in total. The van der Waals surface area contributed by atoms with E-state index in [9.17, 15) is 4.79 Å². The van der Waals surface area contributed by atoms with Crippen molar-refractivity contribution in [3.8, 4) is 0 Å². The van der Waals surface area contributed by atoms with E-state index in [2.05, 4.69) is 4.90 Å². The van der Waals surface area contributed by atoms with Crippen LogP contribution in [-0.2, 0) is 14.3 Å². The zero-order valence-corrected chi connectivity index (χ0v) is 8.49. The molecule has 0 amide bonds. The van der Waals surface area contributed by atoms with Crippen LogP contribution in [0.3, 0.4) is 0 Å². The zero-order valence-electron chi connectivity index (χ0n) is 8.49. The Morgan fingerprint density at radius 2 is 1.85 bits per heavy atom. The van der Waals surface area contributed by atoms with Crippen molar-refractivity contribution in [1.29, 1.82) is 0 Å². The second-order valence-corrected chi connectivity index (χ2v) is 2.81. The molecule has 4 nitrogen and oxygen atoms in total. The molecule has 0 aromatic heterocycles. The van der Waals surface area contributed by atoms with E-state index in [1.807, 2.05) is 0 Å². The van der Waals surface area contributed by atoms with Crippen LogP contribution in [0.5, 0.6) is 0 Å². The second kappa shape index (κ2) is 9.64. The van der Waals surface area contributed by atoms with E-state index < -0.39 is 0 Å². The Balaban J connectivity index is 3.47. The summed E-state index contributed by atoms with van der Waals surface area (Å²) >= 11 is 0. The molecular weight excluding hydrogens is 170 g/mol. The van der Waals surface area contributed by atoms with Crippen LogP contribution in [-0.4, -0.2) is 58.3 Å². The Morgan fingerprint density at radius 3 is 2.38 bits per heavy atom. The molecule has 0 aromatic carbocycles. The molecular formula is C9H19NO3. The summed E-state index contributed by atoms with van der Waals surface area (Å²) in [6.07, 6.45) is 1.87. The van der Waals surface area contributed by atoms with Gasteiger partial charge in [0.15, 0.2) is 0 Å². The average Bonchev–Trinajstić information content (AvgIpc) is 2.14. The van der Waals surface area contributed by atoms with Crippen molar-refractivity contribution < 1.29 is 14.3 Å². The summed E-state index contributed by atoms with van der Waals surface area (Å²) < 4.78 is 9.86. The molecule has 0 aliphatic rings. The first-order valence-corrected chi connectivity index (χ1v) is 4.49. The fraction of sp³-hybridized carbons (Fsp3) is 0.889. The molecule has 0 spiro atoms. The molecule has 0 unspecified atom stereocenters. The fourth-order valence-corrected chi connectivity index (χ4v) is 1.05. The lowest BCUT2D eigenvalue weighted by atomic mass is 10.4. The van der Waals surface area contributed by atoms with Crippen molar-refractivity contribution in [3.05, 3.63) is 0 Å². The highest BCUT2D eigenvalue weighted by atomic mass is 16.5. The van der Waals surface area contributed by atoms with Crippen LogP contribution < -0.4 is 0 Å². The monoisotopic (exact) mass is 189 g/mol. The number of rotatable bonds is 9. The van der Waals surface area contributed by atoms with Crippen LogP contribution in [0.25, 0.3) is 0 Å². The highest BCUT2D eigenvalue weighted by Crippen LogP contribution is 1.90. The molecule has 0 aliphatic carbocycles. The summed E-state index contributed by atoms with van der Waals surface area (Å²) in [5.41, 5.74) is 0. The van der Waals surface area contributed by atoms with Gasteiger partial charge in [0.2, 0.25) is 0 Å². The molecule has 4 heteroatoms. The Labute approximate surface area is 79.8 Å². The van der Waals surface area contributed by atoms with E-state index in [0.717, 1.165) is 32.4 Å². The van der Waals surface area contributed by atoms with Crippen molar-refractivity contribution in [2.45, 2.75) is 6.42 Å². The van der Waals surface area contributed by atoms with Crippen LogP contribution in [0, 0.1) is 0 Å². The van der Waals surface area contributed by atoms with Gasteiger partial charge in [0.25, 0.3) is 0 Å². The van der Waals surface area contributed by atoms with Gasteiger partial charge in [0, 0.05) is 33.9 Å². The maximum atomic E-state index is 10.3. The molecule has 13 heavy (non-hydrogen) atoms. The minimum atomic E-state index is 0.479. The minimum absolute atomic E-state index is 0.479. The summed E-state index contributed by atoms with van der Waals surface area (Å²) in [5.74, 6) is 0. The van der Waals surface area contributed by atoms with Crippen LogP contribution in [0.1, 0.15) is 6.42 Å². The van der Waals surface area contributed by atoms with Crippen LogP contribution in [0.2, 0.25) is 0 Å². The zero-order chi connectivity index (χ0) is 9.94. The summed E-state index contributed by atoms with van der Waals surface area (Å²) in [6.45, 7) is 3.57. The van der Waals surface area contributed by atoms with Gasteiger partial charge in [0.1, 0.15) is 6.29 Å². The Hall–Kier alpha value is -0.450. The van der Waals surface area contributed by atoms with Gasteiger partial charge in [-0.05, 0) is 6.42 Å². The van der Waals surface area contributed by atoms with Gasteiger partial charge < -0.3 is 14.3 Å². The summed E-state index contributed by atoms with van der Waals surface area (Å²) in [4.78, 5) is 12.3. The quantitative estimate of drug-likeness (QED) is 0.383. The smallest absolute Gasteiger partial charge is 0.133 e. The molecule has 0 saturated heterocycles. The third kappa shape index (κ3) is 7.90. The highest BCUT2D eigenvalue weighted by Gasteiger charge is 2.02. The summed E-state index contributed by atoms with van der Waals surface area (Å²) in [7, 11) is 3.34. The lowest BCUT2D eigenvalue weighted by molar-refractivity contribution is -0.109. The van der Waals surface area contributed by atoms with Crippen LogP contribution in [0.15, 0.2) is 0 Å². The molecule has 0 aromatic rings. The van der Waals surface area contributed by atoms with Crippen LogP contribution in [0.4, 0.5) is 0 Å². The molecule has 0 saturated carbocycles. The lowest BCUT2D eigenvalue weighted by Crippen LogP contribution is -2.30. The third-order valence-electron chi connectivity index (χ3n) is 1.77. The average molecular weight is 189 g/mol. The van der Waals surface area contributed by atoms with Gasteiger partial charge >= 0.3 is 0 Å². The summed E-state index contributed by atoms with van der Waals surface area (Å²) in [6, 6.07) is 0. The largest absolute Gasteiger partial charge is 0.385 e. The predicted molar refractivity (Wildman–Crippen MR) is 50.9 cm³/mol. The van der Waals surface area contributed by atoms with Crippen molar-refractivity contribution in [2.75, 3.05) is 47.1 Å². The number of carbonyl (C=O) groups is 1. The van der Waals surface area contributed by atoms with E-state index >= 15 is 0 Å². The van der Waals surface area contributed by atoms with Gasteiger partial charge in [-0.3, -0.25) is 4.90 Å². The number of hydrogen-bond acceptors (Lipinski definition) is 4. The van der Waals surface area contributed by atoms with Crippen molar-refractivity contribution in [1.82, 2.24) is 4.90 Å².